The van der Waals surface area contributed by atoms with Gasteiger partial charge in [0, 0.05) is 27.2 Å². The topological polar surface area (TPSA) is 89.2 Å². The number of rotatable bonds is 5. The van der Waals surface area contributed by atoms with Crippen molar-refractivity contribution in [3.05, 3.63) is 0 Å². The lowest BCUT2D eigenvalue weighted by atomic mass is 10.2. The predicted octanol–water partition coefficient (Wildman–Crippen LogP) is 0.501. The molecule has 2 rings (SSSR count). The van der Waals surface area contributed by atoms with Gasteiger partial charge in [-0.15, -0.1) is 0 Å². The Kier molecular flexibility index (Phi) is 4.14. The van der Waals surface area contributed by atoms with Gasteiger partial charge in [0.1, 0.15) is 0 Å². The van der Waals surface area contributed by atoms with Gasteiger partial charge in [-0.1, -0.05) is 0 Å². The molecule has 0 amide bonds. The van der Waals surface area contributed by atoms with Crippen molar-refractivity contribution in [2.24, 2.45) is 0 Å². The maximum absolute atomic E-state index is 5.64. The van der Waals surface area contributed by atoms with Gasteiger partial charge in [-0.05, 0) is 19.3 Å². The summed E-state index contributed by atoms with van der Waals surface area (Å²) in [6, 6.07) is 0. The molecule has 1 fully saturated rings. The number of hydrogen-bond acceptors (Lipinski definition) is 7. The van der Waals surface area contributed by atoms with Crippen LogP contribution in [-0.4, -0.2) is 48.3 Å². The molecule has 7 heteroatoms. The number of nitrogen functional groups attached to an aromatic ring is 1. The minimum atomic E-state index is 0.230. The van der Waals surface area contributed by atoms with Gasteiger partial charge in [-0.2, -0.15) is 15.0 Å². The van der Waals surface area contributed by atoms with Gasteiger partial charge in [0.2, 0.25) is 17.8 Å². The third-order valence-corrected chi connectivity index (χ3v) is 2.81. The highest BCUT2D eigenvalue weighted by molar-refractivity contribution is 5.40. The Balaban J connectivity index is 1.88. The molecule has 100 valence electrons. The first kappa shape index (κ1) is 12.8. The molecule has 1 saturated heterocycles. The molecule has 7 nitrogen and oxygen atoms in total. The van der Waals surface area contributed by atoms with Gasteiger partial charge in [0.05, 0.1) is 6.10 Å². The molecule has 1 aliphatic rings. The zero-order valence-corrected chi connectivity index (χ0v) is 10.9. The van der Waals surface area contributed by atoms with Crippen LogP contribution in [0.15, 0.2) is 0 Å². The number of nitrogens with zero attached hydrogens (tertiary/aromatic N) is 4. The van der Waals surface area contributed by atoms with Crippen LogP contribution in [-0.2, 0) is 4.74 Å². The van der Waals surface area contributed by atoms with E-state index >= 15 is 0 Å². The average molecular weight is 252 g/mol. The zero-order valence-electron chi connectivity index (χ0n) is 10.9. The van der Waals surface area contributed by atoms with Crippen molar-refractivity contribution in [1.29, 1.82) is 0 Å². The Hall–Kier alpha value is -1.63. The minimum Gasteiger partial charge on any atom is -0.378 e. The molecule has 0 aromatic carbocycles. The Morgan fingerprint density at radius 1 is 1.39 bits per heavy atom. The smallest absolute Gasteiger partial charge is 0.231 e. The van der Waals surface area contributed by atoms with Gasteiger partial charge < -0.3 is 20.7 Å². The van der Waals surface area contributed by atoms with Crippen molar-refractivity contribution in [2.75, 3.05) is 43.2 Å². The summed E-state index contributed by atoms with van der Waals surface area (Å²) in [5, 5.41) is 3.16. The second-order valence-electron chi connectivity index (χ2n) is 4.56. The lowest BCUT2D eigenvalue weighted by Crippen LogP contribution is -2.18. The number of aromatic nitrogens is 3. The Morgan fingerprint density at radius 3 is 2.89 bits per heavy atom. The molecule has 18 heavy (non-hydrogen) atoms. The predicted molar refractivity (Wildman–Crippen MR) is 70.6 cm³/mol. The van der Waals surface area contributed by atoms with Crippen LogP contribution in [0.4, 0.5) is 17.8 Å². The average Bonchev–Trinajstić information content (AvgIpc) is 2.81. The summed E-state index contributed by atoms with van der Waals surface area (Å²) >= 11 is 0. The Bertz CT molecular complexity index is 391. The fourth-order valence-electron chi connectivity index (χ4n) is 1.88. The van der Waals surface area contributed by atoms with Crippen molar-refractivity contribution in [3.63, 3.8) is 0 Å². The number of anilines is 3. The van der Waals surface area contributed by atoms with Crippen LogP contribution in [0.3, 0.4) is 0 Å². The van der Waals surface area contributed by atoms with Gasteiger partial charge in [0.25, 0.3) is 0 Å². The van der Waals surface area contributed by atoms with Crippen LogP contribution in [0.2, 0.25) is 0 Å². The Labute approximate surface area is 107 Å². The molecule has 2 heterocycles. The second kappa shape index (κ2) is 5.81. The largest absolute Gasteiger partial charge is 0.378 e. The number of nitrogens with two attached hydrogens (primary N) is 1. The quantitative estimate of drug-likeness (QED) is 0.788. The van der Waals surface area contributed by atoms with Crippen molar-refractivity contribution in [1.82, 2.24) is 15.0 Å². The number of nitrogens with one attached hydrogen (secondary N) is 1. The first-order chi connectivity index (χ1) is 8.65. The summed E-state index contributed by atoms with van der Waals surface area (Å²) in [6.07, 6.45) is 3.63. The van der Waals surface area contributed by atoms with E-state index in [1.807, 2.05) is 14.1 Å². The summed E-state index contributed by atoms with van der Waals surface area (Å²) < 4.78 is 5.55. The van der Waals surface area contributed by atoms with E-state index in [1.54, 1.807) is 4.90 Å². The van der Waals surface area contributed by atoms with Crippen molar-refractivity contribution in [2.45, 2.75) is 25.4 Å². The molecule has 1 unspecified atom stereocenters. The van der Waals surface area contributed by atoms with Crippen LogP contribution in [0.5, 0.6) is 0 Å². The van der Waals surface area contributed by atoms with E-state index in [0.29, 0.717) is 18.0 Å². The number of ether oxygens (including phenoxy) is 1. The van der Waals surface area contributed by atoms with Crippen LogP contribution >= 0.6 is 0 Å². The first-order valence-corrected chi connectivity index (χ1v) is 6.19. The van der Waals surface area contributed by atoms with E-state index in [2.05, 4.69) is 20.3 Å². The molecule has 0 bridgehead atoms. The summed E-state index contributed by atoms with van der Waals surface area (Å²) in [4.78, 5) is 14.2. The van der Waals surface area contributed by atoms with E-state index < -0.39 is 0 Å². The summed E-state index contributed by atoms with van der Waals surface area (Å²) in [5.41, 5.74) is 5.64. The molecule has 0 spiro atoms. The molecular weight excluding hydrogens is 232 g/mol. The van der Waals surface area contributed by atoms with Gasteiger partial charge in [-0.3, -0.25) is 0 Å². The minimum absolute atomic E-state index is 0.230. The molecule has 1 atom stereocenters. The third kappa shape index (κ3) is 3.43. The monoisotopic (exact) mass is 252 g/mol. The zero-order chi connectivity index (χ0) is 13.0. The van der Waals surface area contributed by atoms with Crippen molar-refractivity contribution < 1.29 is 4.74 Å². The van der Waals surface area contributed by atoms with Gasteiger partial charge in [-0.25, -0.2) is 0 Å². The summed E-state index contributed by atoms with van der Waals surface area (Å²) in [7, 11) is 3.73. The second-order valence-corrected chi connectivity index (χ2v) is 4.56. The lowest BCUT2D eigenvalue weighted by molar-refractivity contribution is 0.107. The van der Waals surface area contributed by atoms with E-state index in [4.69, 9.17) is 10.5 Å². The molecule has 1 aliphatic heterocycles. The third-order valence-electron chi connectivity index (χ3n) is 2.81. The van der Waals surface area contributed by atoms with Crippen molar-refractivity contribution in [3.8, 4) is 0 Å². The highest BCUT2D eigenvalue weighted by atomic mass is 16.5. The molecule has 1 aromatic rings. The first-order valence-electron chi connectivity index (χ1n) is 6.19. The molecule has 0 radical (unpaired) electrons. The Morgan fingerprint density at radius 2 is 2.22 bits per heavy atom. The number of hydrogen-bond donors (Lipinski definition) is 2. The SMILES string of the molecule is CN(C)c1nc(N)nc(NCCC2CCCO2)n1. The van der Waals surface area contributed by atoms with Crippen LogP contribution < -0.4 is 16.0 Å². The van der Waals surface area contributed by atoms with E-state index in [-0.39, 0.29) is 5.95 Å². The van der Waals surface area contributed by atoms with Crippen LogP contribution in [0, 0.1) is 0 Å². The van der Waals surface area contributed by atoms with Gasteiger partial charge in [0.15, 0.2) is 0 Å². The normalized spacial score (nSPS) is 18.9. The lowest BCUT2D eigenvalue weighted by Gasteiger charge is -2.13. The molecule has 0 aliphatic carbocycles. The van der Waals surface area contributed by atoms with Crippen LogP contribution in [0.1, 0.15) is 19.3 Å². The summed E-state index contributed by atoms with van der Waals surface area (Å²) in [6.45, 7) is 1.66. The van der Waals surface area contributed by atoms with Crippen LogP contribution in [0.25, 0.3) is 0 Å². The van der Waals surface area contributed by atoms with E-state index in [0.717, 1.165) is 32.4 Å². The highest BCUT2D eigenvalue weighted by Crippen LogP contribution is 2.15. The standard InChI is InChI=1S/C11H20N6O/c1-17(2)11-15-9(12)14-10(16-11)13-6-5-8-4-3-7-18-8/h8H,3-7H2,1-2H3,(H3,12,13,14,15,16). The molecule has 0 saturated carbocycles. The maximum Gasteiger partial charge on any atom is 0.231 e. The molecular formula is C11H20N6O. The maximum atomic E-state index is 5.64. The molecule has 3 N–H and O–H groups in total. The fraction of sp³-hybridized carbons (Fsp3) is 0.727. The molecule has 1 aromatic heterocycles. The van der Waals surface area contributed by atoms with E-state index in [1.165, 1.54) is 0 Å². The van der Waals surface area contributed by atoms with E-state index in [9.17, 15) is 0 Å². The van der Waals surface area contributed by atoms with Crippen molar-refractivity contribution >= 4 is 17.8 Å². The van der Waals surface area contributed by atoms with Gasteiger partial charge >= 0.3 is 0 Å². The summed E-state index contributed by atoms with van der Waals surface area (Å²) in [5.74, 6) is 1.31. The highest BCUT2D eigenvalue weighted by Gasteiger charge is 2.15. The fourth-order valence-corrected chi connectivity index (χ4v) is 1.88.